The maximum Gasteiger partial charge on any atom is 0.411 e. The summed E-state index contributed by atoms with van der Waals surface area (Å²) in [6, 6.07) is 0.580. The van der Waals surface area contributed by atoms with Gasteiger partial charge in [0.25, 0.3) is 0 Å². The zero-order valence-electron chi connectivity index (χ0n) is 11.5. The van der Waals surface area contributed by atoms with Crippen LogP contribution < -0.4 is 5.32 Å². The van der Waals surface area contributed by atoms with E-state index in [-0.39, 0.29) is 12.6 Å². The Hall–Kier alpha value is -0.370. The molecule has 1 rings (SSSR count). The minimum atomic E-state index is -4.25. The molecule has 4 nitrogen and oxygen atoms in total. The molecule has 0 bridgehead atoms. The van der Waals surface area contributed by atoms with Crippen LogP contribution in [-0.2, 0) is 9.47 Å². The molecule has 0 radical (unpaired) electrons. The second-order valence-corrected chi connectivity index (χ2v) is 5.00. The Morgan fingerprint density at radius 2 is 2.16 bits per heavy atom. The number of hydrogen-bond acceptors (Lipinski definition) is 4. The topological polar surface area (TPSA) is 33.7 Å². The van der Waals surface area contributed by atoms with E-state index in [0.717, 1.165) is 13.1 Å². The molecule has 1 aliphatic rings. The van der Waals surface area contributed by atoms with E-state index in [4.69, 9.17) is 4.74 Å². The van der Waals surface area contributed by atoms with Crippen LogP contribution in [0.15, 0.2) is 0 Å². The van der Waals surface area contributed by atoms with Crippen molar-refractivity contribution in [1.82, 2.24) is 10.2 Å². The van der Waals surface area contributed by atoms with Crippen molar-refractivity contribution in [2.75, 3.05) is 46.1 Å². The molecule has 1 saturated heterocycles. The van der Waals surface area contributed by atoms with Crippen molar-refractivity contribution in [3.63, 3.8) is 0 Å². The highest BCUT2D eigenvalue weighted by Gasteiger charge is 2.28. The molecule has 1 heterocycles. The predicted molar refractivity (Wildman–Crippen MR) is 66.2 cm³/mol. The fraction of sp³-hybridized carbons (Fsp3) is 1.00. The third-order valence-corrected chi connectivity index (χ3v) is 2.90. The molecule has 1 N–H and O–H groups in total. The van der Waals surface area contributed by atoms with Crippen LogP contribution in [0.1, 0.15) is 13.8 Å². The van der Waals surface area contributed by atoms with Gasteiger partial charge < -0.3 is 14.8 Å². The minimum Gasteiger partial charge on any atom is -0.378 e. The van der Waals surface area contributed by atoms with Gasteiger partial charge in [0.05, 0.1) is 19.8 Å². The average molecular weight is 284 g/mol. The largest absolute Gasteiger partial charge is 0.411 e. The molecular weight excluding hydrogens is 261 g/mol. The molecule has 1 aliphatic heterocycles. The van der Waals surface area contributed by atoms with Crippen LogP contribution in [0.25, 0.3) is 0 Å². The maximum absolute atomic E-state index is 11.9. The van der Waals surface area contributed by atoms with Crippen LogP contribution in [-0.4, -0.2) is 69.2 Å². The SMILES string of the molecule is CC(C)NCC1COCCN1CCOCC(F)(F)F. The Labute approximate surface area is 112 Å². The molecule has 0 aromatic heterocycles. The van der Waals surface area contributed by atoms with Gasteiger partial charge in [-0.2, -0.15) is 13.2 Å². The Kier molecular flexibility index (Phi) is 7.06. The lowest BCUT2D eigenvalue weighted by atomic mass is 10.2. The lowest BCUT2D eigenvalue weighted by molar-refractivity contribution is -0.175. The zero-order chi connectivity index (χ0) is 14.3. The van der Waals surface area contributed by atoms with Gasteiger partial charge in [-0.25, -0.2) is 0 Å². The number of ether oxygens (including phenoxy) is 2. The van der Waals surface area contributed by atoms with E-state index in [0.29, 0.717) is 25.8 Å². The predicted octanol–water partition coefficient (Wildman–Crippen LogP) is 1.26. The second kappa shape index (κ2) is 8.04. The van der Waals surface area contributed by atoms with Crippen molar-refractivity contribution in [2.24, 2.45) is 0 Å². The minimum absolute atomic E-state index is 0.0949. The Balaban J connectivity index is 2.24. The van der Waals surface area contributed by atoms with Gasteiger partial charge >= 0.3 is 6.18 Å². The summed E-state index contributed by atoms with van der Waals surface area (Å²) in [5.41, 5.74) is 0. The third kappa shape index (κ3) is 7.71. The fourth-order valence-electron chi connectivity index (χ4n) is 1.91. The lowest BCUT2D eigenvalue weighted by Crippen LogP contribution is -2.52. The van der Waals surface area contributed by atoms with Crippen LogP contribution in [0, 0.1) is 0 Å². The van der Waals surface area contributed by atoms with Gasteiger partial charge in [-0.1, -0.05) is 13.8 Å². The Morgan fingerprint density at radius 1 is 1.42 bits per heavy atom. The van der Waals surface area contributed by atoms with Crippen LogP contribution in [0.4, 0.5) is 13.2 Å². The highest BCUT2D eigenvalue weighted by Crippen LogP contribution is 2.14. The summed E-state index contributed by atoms with van der Waals surface area (Å²) < 4.78 is 45.9. The third-order valence-electron chi connectivity index (χ3n) is 2.90. The van der Waals surface area contributed by atoms with Crippen molar-refractivity contribution in [3.8, 4) is 0 Å². The van der Waals surface area contributed by atoms with Gasteiger partial charge in [0.2, 0.25) is 0 Å². The molecule has 1 fully saturated rings. The number of morpholine rings is 1. The number of halogens is 3. The van der Waals surface area contributed by atoms with Gasteiger partial charge in [-0.3, -0.25) is 4.90 Å². The van der Waals surface area contributed by atoms with Crippen LogP contribution >= 0.6 is 0 Å². The fourth-order valence-corrected chi connectivity index (χ4v) is 1.91. The average Bonchev–Trinajstić information content (AvgIpc) is 2.32. The summed E-state index contributed by atoms with van der Waals surface area (Å²) in [6.45, 7) is 6.28. The van der Waals surface area contributed by atoms with E-state index < -0.39 is 12.8 Å². The lowest BCUT2D eigenvalue weighted by Gasteiger charge is -2.36. The summed E-state index contributed by atoms with van der Waals surface area (Å²) >= 11 is 0. The van der Waals surface area contributed by atoms with E-state index in [1.807, 2.05) is 0 Å². The number of nitrogens with one attached hydrogen (secondary N) is 1. The molecule has 0 saturated carbocycles. The normalized spacial score (nSPS) is 22.1. The van der Waals surface area contributed by atoms with Gasteiger partial charge in [0, 0.05) is 31.7 Å². The molecule has 1 atom stereocenters. The molecule has 19 heavy (non-hydrogen) atoms. The number of nitrogens with zero attached hydrogens (tertiary/aromatic N) is 1. The molecule has 0 aromatic rings. The van der Waals surface area contributed by atoms with Gasteiger partial charge in [-0.15, -0.1) is 0 Å². The second-order valence-electron chi connectivity index (χ2n) is 5.00. The summed E-state index contributed by atoms with van der Waals surface area (Å²) in [5.74, 6) is 0. The number of alkyl halides is 3. The monoisotopic (exact) mass is 284 g/mol. The first-order valence-electron chi connectivity index (χ1n) is 6.58. The summed E-state index contributed by atoms with van der Waals surface area (Å²) in [7, 11) is 0. The summed E-state index contributed by atoms with van der Waals surface area (Å²) in [5, 5.41) is 3.32. The smallest absolute Gasteiger partial charge is 0.378 e. The van der Waals surface area contributed by atoms with Crippen LogP contribution in [0.5, 0.6) is 0 Å². The first-order chi connectivity index (χ1) is 8.88. The van der Waals surface area contributed by atoms with Crippen molar-refractivity contribution >= 4 is 0 Å². The van der Waals surface area contributed by atoms with E-state index in [2.05, 4.69) is 28.8 Å². The highest BCUT2D eigenvalue weighted by molar-refractivity contribution is 4.78. The zero-order valence-corrected chi connectivity index (χ0v) is 11.5. The summed E-state index contributed by atoms with van der Waals surface area (Å²) in [6.07, 6.45) is -4.25. The summed E-state index contributed by atoms with van der Waals surface area (Å²) in [4.78, 5) is 2.12. The number of hydrogen-bond donors (Lipinski definition) is 1. The van der Waals surface area contributed by atoms with Crippen molar-refractivity contribution in [3.05, 3.63) is 0 Å². The van der Waals surface area contributed by atoms with E-state index in [1.54, 1.807) is 0 Å². The molecule has 114 valence electrons. The van der Waals surface area contributed by atoms with Crippen LogP contribution in [0.2, 0.25) is 0 Å². The molecular formula is C12H23F3N2O2. The molecule has 0 amide bonds. The number of rotatable bonds is 7. The van der Waals surface area contributed by atoms with Crippen LogP contribution in [0.3, 0.4) is 0 Å². The first-order valence-corrected chi connectivity index (χ1v) is 6.58. The molecule has 7 heteroatoms. The van der Waals surface area contributed by atoms with Crippen molar-refractivity contribution < 1.29 is 22.6 Å². The van der Waals surface area contributed by atoms with E-state index in [1.165, 1.54) is 0 Å². The van der Waals surface area contributed by atoms with E-state index in [9.17, 15) is 13.2 Å². The Bertz CT molecular complexity index is 250. The molecule has 0 spiro atoms. The molecule has 1 unspecified atom stereocenters. The van der Waals surface area contributed by atoms with Gasteiger partial charge in [0.1, 0.15) is 6.61 Å². The van der Waals surface area contributed by atoms with Crippen molar-refractivity contribution in [1.29, 1.82) is 0 Å². The molecule has 0 aromatic carbocycles. The quantitative estimate of drug-likeness (QED) is 0.714. The van der Waals surface area contributed by atoms with Gasteiger partial charge in [-0.05, 0) is 0 Å². The Morgan fingerprint density at radius 3 is 2.79 bits per heavy atom. The first kappa shape index (κ1) is 16.7. The van der Waals surface area contributed by atoms with E-state index >= 15 is 0 Å². The molecule has 0 aliphatic carbocycles. The maximum atomic E-state index is 11.9. The standard InChI is InChI=1S/C12H23F3N2O2/c1-10(2)16-7-11-8-18-5-3-17(11)4-6-19-9-12(13,14)15/h10-11,16H,3-9H2,1-2H3. The highest BCUT2D eigenvalue weighted by atomic mass is 19.4. The van der Waals surface area contributed by atoms with Crippen molar-refractivity contribution in [2.45, 2.75) is 32.1 Å². The van der Waals surface area contributed by atoms with Gasteiger partial charge in [0.15, 0.2) is 0 Å².